The molecule has 0 radical (unpaired) electrons. The summed E-state index contributed by atoms with van der Waals surface area (Å²) in [4.78, 5) is 51.4. The Balaban J connectivity index is 2.18. The van der Waals surface area contributed by atoms with Crippen LogP contribution >= 0.6 is 0 Å². The standard InChI is InChI=1S/C30H43N5O5/c1-20(2)17-25(28(37)33-24(30(39)40)15-9-10-16-31)35-29(38)26(19-22-13-7-4-8-14-22)34-27(36)23(32)18-21-11-5-3-6-12-21/h3-8,11-14,20,23-26H,9-10,15-19,31-32H2,1-2H3,(H,33,37)(H,34,36)(H,35,38)(H,39,40)/t23-,24+,25-,26-/m1/s1. The fourth-order valence-electron chi connectivity index (χ4n) is 4.30. The predicted molar refractivity (Wildman–Crippen MR) is 154 cm³/mol. The maximum absolute atomic E-state index is 13.5. The molecule has 0 aliphatic heterocycles. The number of aliphatic carboxylic acids is 1. The summed E-state index contributed by atoms with van der Waals surface area (Å²) in [6.07, 6.45) is 2.18. The number of benzene rings is 2. The number of rotatable bonds is 17. The Bertz CT molecular complexity index is 1080. The van der Waals surface area contributed by atoms with Crippen molar-refractivity contribution >= 4 is 23.7 Å². The minimum Gasteiger partial charge on any atom is -0.480 e. The van der Waals surface area contributed by atoms with Crippen LogP contribution in [0.3, 0.4) is 0 Å². The van der Waals surface area contributed by atoms with E-state index in [1.807, 2.05) is 74.5 Å². The van der Waals surface area contributed by atoms with E-state index in [2.05, 4.69) is 16.0 Å². The molecule has 4 atom stereocenters. The van der Waals surface area contributed by atoms with Crippen LogP contribution in [0.1, 0.15) is 50.7 Å². The van der Waals surface area contributed by atoms with Crippen molar-refractivity contribution < 1.29 is 24.3 Å². The fraction of sp³-hybridized carbons (Fsp3) is 0.467. The Labute approximate surface area is 236 Å². The summed E-state index contributed by atoms with van der Waals surface area (Å²) in [5.41, 5.74) is 13.4. The van der Waals surface area contributed by atoms with Crippen molar-refractivity contribution in [3.63, 3.8) is 0 Å². The van der Waals surface area contributed by atoms with Gasteiger partial charge in [-0.1, -0.05) is 74.5 Å². The van der Waals surface area contributed by atoms with Crippen molar-refractivity contribution in [2.75, 3.05) is 6.54 Å². The van der Waals surface area contributed by atoms with Crippen molar-refractivity contribution in [1.82, 2.24) is 16.0 Å². The number of nitrogens with two attached hydrogens (primary N) is 2. The quantitative estimate of drug-likeness (QED) is 0.161. The Morgan fingerprint density at radius 3 is 1.75 bits per heavy atom. The molecule has 0 aliphatic rings. The zero-order valence-corrected chi connectivity index (χ0v) is 23.3. The molecule has 0 aromatic heterocycles. The lowest BCUT2D eigenvalue weighted by Gasteiger charge is -2.26. The Morgan fingerprint density at radius 2 is 1.23 bits per heavy atom. The second-order valence-corrected chi connectivity index (χ2v) is 10.4. The number of carbonyl (C=O) groups is 4. The Morgan fingerprint density at radius 1 is 0.725 bits per heavy atom. The van der Waals surface area contributed by atoms with Crippen molar-refractivity contribution in [2.45, 2.75) is 76.5 Å². The molecule has 0 bridgehead atoms. The highest BCUT2D eigenvalue weighted by molar-refractivity contribution is 5.94. The zero-order valence-electron chi connectivity index (χ0n) is 23.3. The van der Waals surface area contributed by atoms with Gasteiger partial charge in [-0.05, 0) is 55.7 Å². The highest BCUT2D eigenvalue weighted by Gasteiger charge is 2.31. The molecule has 3 amide bonds. The first-order valence-corrected chi connectivity index (χ1v) is 13.8. The molecule has 0 aliphatic carbocycles. The number of carboxylic acid groups (broad SMARTS) is 1. The van der Waals surface area contributed by atoms with Crippen LogP contribution in [0.4, 0.5) is 0 Å². The van der Waals surface area contributed by atoms with Gasteiger partial charge in [0.25, 0.3) is 0 Å². The summed E-state index contributed by atoms with van der Waals surface area (Å²) >= 11 is 0. The van der Waals surface area contributed by atoms with Gasteiger partial charge in [0.1, 0.15) is 18.1 Å². The number of carboxylic acids is 1. The molecule has 0 fully saturated rings. The average molecular weight is 554 g/mol. The number of carbonyl (C=O) groups excluding carboxylic acids is 3. The SMILES string of the molecule is CC(C)C[C@@H](NC(=O)[C@@H](Cc1ccccc1)NC(=O)[C@H](N)Cc1ccccc1)C(=O)N[C@@H](CCCCN)C(=O)O. The summed E-state index contributed by atoms with van der Waals surface area (Å²) in [5, 5.41) is 17.7. The van der Waals surface area contributed by atoms with Crippen molar-refractivity contribution in [3.8, 4) is 0 Å². The maximum Gasteiger partial charge on any atom is 0.326 e. The molecule has 2 aromatic carbocycles. The van der Waals surface area contributed by atoms with Crippen LogP contribution in [-0.4, -0.2) is 59.5 Å². The van der Waals surface area contributed by atoms with Gasteiger partial charge in [-0.3, -0.25) is 14.4 Å². The van der Waals surface area contributed by atoms with E-state index in [0.29, 0.717) is 25.8 Å². The molecule has 0 saturated heterocycles. The van der Waals surface area contributed by atoms with Gasteiger partial charge < -0.3 is 32.5 Å². The van der Waals surface area contributed by atoms with Gasteiger partial charge in [-0.2, -0.15) is 0 Å². The first kappa shape index (κ1) is 32.5. The minimum absolute atomic E-state index is 0.0260. The van der Waals surface area contributed by atoms with E-state index in [1.54, 1.807) is 0 Å². The molecule has 40 heavy (non-hydrogen) atoms. The van der Waals surface area contributed by atoms with E-state index >= 15 is 0 Å². The molecular weight excluding hydrogens is 510 g/mol. The molecule has 10 heteroatoms. The second kappa shape index (κ2) is 17.0. The van der Waals surface area contributed by atoms with Crippen LogP contribution in [-0.2, 0) is 32.0 Å². The number of hydrogen-bond acceptors (Lipinski definition) is 6. The monoisotopic (exact) mass is 553 g/mol. The van der Waals surface area contributed by atoms with Crippen LogP contribution in [0.15, 0.2) is 60.7 Å². The highest BCUT2D eigenvalue weighted by Crippen LogP contribution is 2.10. The third-order valence-corrected chi connectivity index (χ3v) is 6.45. The molecule has 2 aromatic rings. The molecular formula is C30H43N5O5. The maximum atomic E-state index is 13.5. The minimum atomic E-state index is -1.15. The van der Waals surface area contributed by atoms with Gasteiger partial charge >= 0.3 is 5.97 Å². The third kappa shape index (κ3) is 11.5. The summed E-state index contributed by atoms with van der Waals surface area (Å²) in [7, 11) is 0. The zero-order chi connectivity index (χ0) is 29.5. The number of amides is 3. The van der Waals surface area contributed by atoms with E-state index < -0.39 is 47.9 Å². The van der Waals surface area contributed by atoms with Crippen molar-refractivity contribution in [3.05, 3.63) is 71.8 Å². The number of hydrogen-bond donors (Lipinski definition) is 6. The molecule has 0 saturated carbocycles. The summed E-state index contributed by atoms with van der Waals surface area (Å²) in [6, 6.07) is 14.6. The normalized spacial score (nSPS) is 14.0. The van der Waals surface area contributed by atoms with Crippen molar-refractivity contribution in [2.24, 2.45) is 17.4 Å². The van der Waals surface area contributed by atoms with E-state index in [0.717, 1.165) is 11.1 Å². The van der Waals surface area contributed by atoms with E-state index in [9.17, 15) is 24.3 Å². The van der Waals surface area contributed by atoms with Crippen molar-refractivity contribution in [1.29, 1.82) is 0 Å². The van der Waals surface area contributed by atoms with Crippen LogP contribution in [0.5, 0.6) is 0 Å². The fourth-order valence-corrected chi connectivity index (χ4v) is 4.30. The van der Waals surface area contributed by atoms with Crippen LogP contribution in [0, 0.1) is 5.92 Å². The average Bonchev–Trinajstić information content (AvgIpc) is 2.92. The second-order valence-electron chi connectivity index (χ2n) is 10.4. The molecule has 10 nitrogen and oxygen atoms in total. The van der Waals surface area contributed by atoms with Crippen LogP contribution in [0.25, 0.3) is 0 Å². The van der Waals surface area contributed by atoms with E-state index in [4.69, 9.17) is 11.5 Å². The molecule has 2 rings (SSSR count). The van der Waals surface area contributed by atoms with Gasteiger partial charge in [0.15, 0.2) is 0 Å². The Kier molecular flexibility index (Phi) is 13.8. The van der Waals surface area contributed by atoms with Gasteiger partial charge in [0, 0.05) is 6.42 Å². The van der Waals surface area contributed by atoms with E-state index in [-0.39, 0.29) is 25.2 Å². The lowest BCUT2D eigenvalue weighted by molar-refractivity contribution is -0.142. The lowest BCUT2D eigenvalue weighted by atomic mass is 10.00. The molecule has 0 spiro atoms. The van der Waals surface area contributed by atoms with E-state index in [1.165, 1.54) is 0 Å². The first-order valence-electron chi connectivity index (χ1n) is 13.8. The largest absolute Gasteiger partial charge is 0.480 e. The van der Waals surface area contributed by atoms with Gasteiger partial charge in [-0.15, -0.1) is 0 Å². The molecule has 8 N–H and O–H groups in total. The first-order chi connectivity index (χ1) is 19.1. The Hall–Kier alpha value is -3.76. The molecule has 0 heterocycles. The topological polar surface area (TPSA) is 177 Å². The lowest BCUT2D eigenvalue weighted by Crippen LogP contribution is -2.58. The summed E-state index contributed by atoms with van der Waals surface area (Å²) in [6.45, 7) is 4.22. The van der Waals surface area contributed by atoms with Crippen LogP contribution < -0.4 is 27.4 Å². The highest BCUT2D eigenvalue weighted by atomic mass is 16.4. The molecule has 0 unspecified atom stereocenters. The number of unbranched alkanes of at least 4 members (excludes halogenated alkanes) is 1. The van der Waals surface area contributed by atoms with Gasteiger partial charge in [-0.25, -0.2) is 4.79 Å². The smallest absolute Gasteiger partial charge is 0.326 e. The molecule has 218 valence electrons. The van der Waals surface area contributed by atoms with Gasteiger partial charge in [0.2, 0.25) is 17.7 Å². The summed E-state index contributed by atoms with van der Waals surface area (Å²) < 4.78 is 0. The third-order valence-electron chi connectivity index (χ3n) is 6.45. The number of nitrogens with one attached hydrogen (secondary N) is 3. The van der Waals surface area contributed by atoms with Crippen LogP contribution in [0.2, 0.25) is 0 Å². The van der Waals surface area contributed by atoms with Gasteiger partial charge in [0.05, 0.1) is 6.04 Å². The summed E-state index contributed by atoms with van der Waals surface area (Å²) in [5.74, 6) is -2.76. The predicted octanol–water partition coefficient (Wildman–Crippen LogP) is 1.51.